The molecule has 0 N–H and O–H groups in total. The van der Waals surface area contributed by atoms with Crippen molar-refractivity contribution >= 4 is 21.6 Å². The van der Waals surface area contributed by atoms with Gasteiger partial charge < -0.3 is 4.74 Å². The van der Waals surface area contributed by atoms with Gasteiger partial charge in [-0.1, -0.05) is 23.7 Å². The Morgan fingerprint density at radius 3 is 2.57 bits per heavy atom. The van der Waals surface area contributed by atoms with E-state index in [9.17, 15) is 8.42 Å². The monoisotopic (exact) mass is 329 g/mol. The third-order valence-electron chi connectivity index (χ3n) is 4.30. The number of rotatable bonds is 5. The second kappa shape index (κ2) is 6.24. The Morgan fingerprint density at radius 2 is 2.00 bits per heavy atom. The standard InChI is InChI=1S/C15H20ClNO3S/c16-13-5-3-12(4-6-13)15-7-9-17(15)21(18,19)11-8-14-2-1-10-20-14/h3-6,14-15H,1-2,7-11H2/t14-,15-/m0/s1. The van der Waals surface area contributed by atoms with Crippen LogP contribution in [0.2, 0.25) is 5.02 Å². The van der Waals surface area contributed by atoms with Crippen molar-refractivity contribution in [2.45, 2.75) is 37.8 Å². The van der Waals surface area contributed by atoms with Crippen LogP contribution in [0.1, 0.15) is 37.3 Å². The summed E-state index contributed by atoms with van der Waals surface area (Å²) < 4.78 is 32.1. The molecule has 2 atom stereocenters. The molecule has 0 spiro atoms. The van der Waals surface area contributed by atoms with Gasteiger partial charge in [0.05, 0.1) is 17.9 Å². The largest absolute Gasteiger partial charge is 0.378 e. The predicted molar refractivity (Wildman–Crippen MR) is 82.9 cm³/mol. The van der Waals surface area contributed by atoms with Gasteiger partial charge in [0.25, 0.3) is 0 Å². The van der Waals surface area contributed by atoms with E-state index < -0.39 is 10.0 Å². The SMILES string of the molecule is O=S(=O)(CC[C@@H]1CCCO1)N1CC[C@H]1c1ccc(Cl)cc1. The maximum absolute atomic E-state index is 12.5. The molecule has 2 aliphatic rings. The van der Waals surface area contributed by atoms with E-state index in [1.165, 1.54) is 0 Å². The lowest BCUT2D eigenvalue weighted by Gasteiger charge is -2.40. The second-order valence-electron chi connectivity index (χ2n) is 5.71. The number of hydrogen-bond acceptors (Lipinski definition) is 3. The Kier molecular flexibility index (Phi) is 4.54. The summed E-state index contributed by atoms with van der Waals surface area (Å²) in [7, 11) is -3.20. The molecule has 4 nitrogen and oxygen atoms in total. The first-order valence-electron chi connectivity index (χ1n) is 7.43. The fraction of sp³-hybridized carbons (Fsp3) is 0.600. The van der Waals surface area contributed by atoms with Gasteiger partial charge in [-0.3, -0.25) is 0 Å². The lowest BCUT2D eigenvalue weighted by molar-refractivity contribution is 0.108. The summed E-state index contributed by atoms with van der Waals surface area (Å²) in [4.78, 5) is 0. The lowest BCUT2D eigenvalue weighted by Crippen LogP contribution is -2.46. The molecule has 1 aromatic rings. The van der Waals surface area contributed by atoms with Crippen LogP contribution in [0, 0.1) is 0 Å². The van der Waals surface area contributed by atoms with E-state index in [2.05, 4.69) is 0 Å². The third-order valence-corrected chi connectivity index (χ3v) is 6.46. The predicted octanol–water partition coefficient (Wildman–Crippen LogP) is 2.99. The van der Waals surface area contributed by atoms with Crippen molar-refractivity contribution in [2.75, 3.05) is 18.9 Å². The summed E-state index contributed by atoms with van der Waals surface area (Å²) >= 11 is 5.88. The van der Waals surface area contributed by atoms with E-state index in [0.717, 1.165) is 31.4 Å². The van der Waals surface area contributed by atoms with Crippen LogP contribution in [0.25, 0.3) is 0 Å². The first-order valence-corrected chi connectivity index (χ1v) is 9.41. The molecular formula is C15H20ClNO3S. The average Bonchev–Trinajstić information content (AvgIpc) is 2.90. The number of ether oxygens (including phenoxy) is 1. The van der Waals surface area contributed by atoms with E-state index in [4.69, 9.17) is 16.3 Å². The second-order valence-corrected chi connectivity index (χ2v) is 8.18. The highest BCUT2D eigenvalue weighted by atomic mass is 35.5. The molecular weight excluding hydrogens is 310 g/mol. The smallest absolute Gasteiger partial charge is 0.214 e. The van der Waals surface area contributed by atoms with Crippen LogP contribution in [-0.4, -0.2) is 37.7 Å². The number of halogens is 1. The fourth-order valence-electron chi connectivity index (χ4n) is 2.98. The van der Waals surface area contributed by atoms with Gasteiger partial charge in [0.2, 0.25) is 10.0 Å². The molecule has 6 heteroatoms. The quantitative estimate of drug-likeness (QED) is 0.834. The highest BCUT2D eigenvalue weighted by Gasteiger charge is 2.38. The minimum Gasteiger partial charge on any atom is -0.378 e. The minimum atomic E-state index is -3.20. The van der Waals surface area contributed by atoms with Gasteiger partial charge in [0.15, 0.2) is 0 Å². The van der Waals surface area contributed by atoms with Crippen molar-refractivity contribution < 1.29 is 13.2 Å². The van der Waals surface area contributed by atoms with Crippen molar-refractivity contribution in [3.05, 3.63) is 34.9 Å². The normalized spacial score (nSPS) is 26.7. The molecule has 0 unspecified atom stereocenters. The average molecular weight is 330 g/mol. The van der Waals surface area contributed by atoms with Crippen LogP contribution < -0.4 is 0 Å². The Balaban J connectivity index is 1.63. The summed E-state index contributed by atoms with van der Waals surface area (Å²) in [6, 6.07) is 7.42. The summed E-state index contributed by atoms with van der Waals surface area (Å²) in [6.07, 6.45) is 3.63. The Hall–Kier alpha value is -0.620. The number of hydrogen-bond donors (Lipinski definition) is 0. The van der Waals surface area contributed by atoms with Gasteiger partial charge in [-0.25, -0.2) is 8.42 Å². The highest BCUT2D eigenvalue weighted by Crippen LogP contribution is 2.36. The summed E-state index contributed by atoms with van der Waals surface area (Å²) in [5, 5.41) is 0.672. The molecule has 3 rings (SSSR count). The fourth-order valence-corrected chi connectivity index (χ4v) is 4.90. The highest BCUT2D eigenvalue weighted by molar-refractivity contribution is 7.89. The van der Waals surface area contributed by atoms with E-state index in [1.807, 2.05) is 24.3 Å². The Labute approximate surface area is 131 Å². The molecule has 2 fully saturated rings. The summed E-state index contributed by atoms with van der Waals surface area (Å²) in [5.74, 6) is 0.182. The van der Waals surface area contributed by atoms with Crippen LogP contribution in [0.4, 0.5) is 0 Å². The molecule has 2 saturated heterocycles. The Morgan fingerprint density at radius 1 is 1.24 bits per heavy atom. The van der Waals surface area contributed by atoms with Gasteiger partial charge >= 0.3 is 0 Å². The van der Waals surface area contributed by atoms with Crippen molar-refractivity contribution in [3.63, 3.8) is 0 Å². The molecule has 0 radical (unpaired) electrons. The molecule has 116 valence electrons. The zero-order valence-corrected chi connectivity index (χ0v) is 13.4. The lowest BCUT2D eigenvalue weighted by atomic mass is 9.98. The van der Waals surface area contributed by atoms with Crippen molar-refractivity contribution in [3.8, 4) is 0 Å². The maximum Gasteiger partial charge on any atom is 0.214 e. The van der Waals surface area contributed by atoms with Gasteiger partial charge in [0, 0.05) is 18.2 Å². The zero-order chi connectivity index (χ0) is 14.9. The Bertz CT molecular complexity index is 581. The maximum atomic E-state index is 12.5. The first-order chi connectivity index (χ1) is 10.1. The molecule has 0 aromatic heterocycles. The van der Waals surface area contributed by atoms with Crippen molar-refractivity contribution in [2.24, 2.45) is 0 Å². The molecule has 0 aliphatic carbocycles. The van der Waals surface area contributed by atoms with E-state index >= 15 is 0 Å². The van der Waals surface area contributed by atoms with E-state index in [0.29, 0.717) is 18.0 Å². The molecule has 2 heterocycles. The molecule has 21 heavy (non-hydrogen) atoms. The first kappa shape index (κ1) is 15.3. The van der Waals surface area contributed by atoms with Gasteiger partial charge in [-0.05, 0) is 43.4 Å². The summed E-state index contributed by atoms with van der Waals surface area (Å²) in [6.45, 7) is 1.38. The number of benzene rings is 1. The van der Waals surface area contributed by atoms with Crippen LogP contribution in [0.3, 0.4) is 0 Å². The van der Waals surface area contributed by atoms with Crippen molar-refractivity contribution in [1.29, 1.82) is 0 Å². The van der Waals surface area contributed by atoms with Gasteiger partial charge in [-0.2, -0.15) is 4.31 Å². The summed E-state index contributed by atoms with van der Waals surface area (Å²) in [5.41, 5.74) is 1.02. The topological polar surface area (TPSA) is 46.6 Å². The van der Waals surface area contributed by atoms with Crippen LogP contribution >= 0.6 is 11.6 Å². The van der Waals surface area contributed by atoms with Crippen LogP contribution in [-0.2, 0) is 14.8 Å². The molecule has 0 bridgehead atoms. The third kappa shape index (κ3) is 3.42. The number of sulfonamides is 1. The minimum absolute atomic E-state index is 0.0308. The van der Waals surface area contributed by atoms with E-state index in [1.54, 1.807) is 4.31 Å². The van der Waals surface area contributed by atoms with Gasteiger partial charge in [-0.15, -0.1) is 0 Å². The van der Waals surface area contributed by atoms with Crippen LogP contribution in [0.15, 0.2) is 24.3 Å². The molecule has 0 amide bonds. The molecule has 1 aromatic carbocycles. The molecule has 0 saturated carbocycles. The zero-order valence-electron chi connectivity index (χ0n) is 11.9. The van der Waals surface area contributed by atoms with E-state index in [-0.39, 0.29) is 17.9 Å². The number of nitrogens with zero attached hydrogens (tertiary/aromatic N) is 1. The van der Waals surface area contributed by atoms with Gasteiger partial charge in [0.1, 0.15) is 0 Å². The van der Waals surface area contributed by atoms with Crippen molar-refractivity contribution in [1.82, 2.24) is 4.31 Å². The van der Waals surface area contributed by atoms with Crippen LogP contribution in [0.5, 0.6) is 0 Å². The molecule has 2 aliphatic heterocycles.